The highest BCUT2D eigenvalue weighted by atomic mass is 15.2. The van der Waals surface area contributed by atoms with Crippen molar-refractivity contribution < 1.29 is 0 Å². The first kappa shape index (κ1) is 17.7. The molecule has 1 rings (SSSR count). The lowest BCUT2D eigenvalue weighted by atomic mass is 9.79. The number of hydrogen-bond donors (Lipinski definition) is 1. The van der Waals surface area contributed by atoms with Gasteiger partial charge in [0.05, 0.1) is 0 Å². The Morgan fingerprint density at radius 3 is 2.35 bits per heavy atom. The maximum Gasteiger partial charge on any atom is 0.0356 e. The molecule has 1 atom stereocenters. The Morgan fingerprint density at radius 2 is 1.85 bits per heavy atom. The van der Waals surface area contributed by atoms with Gasteiger partial charge in [-0.05, 0) is 59.2 Å². The highest BCUT2D eigenvalue weighted by molar-refractivity contribution is 4.99. The van der Waals surface area contributed by atoms with Crippen LogP contribution in [0.3, 0.4) is 0 Å². The molecule has 0 saturated heterocycles. The Balaban J connectivity index is 2.80. The van der Waals surface area contributed by atoms with E-state index in [0.29, 0.717) is 11.6 Å². The van der Waals surface area contributed by atoms with Crippen molar-refractivity contribution in [3.63, 3.8) is 0 Å². The van der Waals surface area contributed by atoms with Gasteiger partial charge in [0.15, 0.2) is 0 Å². The minimum atomic E-state index is 0.368. The van der Waals surface area contributed by atoms with E-state index in [9.17, 15) is 0 Å². The molecule has 0 amide bonds. The van der Waals surface area contributed by atoms with E-state index in [1.165, 1.54) is 57.8 Å². The first-order chi connectivity index (χ1) is 9.67. The fourth-order valence-corrected chi connectivity index (χ4v) is 3.79. The molecule has 118 valence electrons. The van der Waals surface area contributed by atoms with Crippen molar-refractivity contribution in [3.8, 4) is 0 Å². The third-order valence-corrected chi connectivity index (χ3v) is 5.05. The molecule has 0 aliphatic heterocycles. The average Bonchev–Trinajstić information content (AvgIpc) is 2.69. The molecule has 0 spiro atoms. The zero-order valence-corrected chi connectivity index (χ0v) is 14.1. The number of rotatable bonds is 9. The van der Waals surface area contributed by atoms with Crippen LogP contribution in [0.5, 0.6) is 0 Å². The van der Waals surface area contributed by atoms with E-state index in [0.717, 1.165) is 13.0 Å². The second kappa shape index (κ2) is 9.57. The number of unbranched alkanes of at least 4 members (excludes halogenated alkanes) is 1. The molecule has 2 nitrogen and oxygen atoms in total. The van der Waals surface area contributed by atoms with Crippen molar-refractivity contribution >= 4 is 0 Å². The summed E-state index contributed by atoms with van der Waals surface area (Å²) in [5.74, 6) is 0. The Bertz CT molecular complexity index is 252. The van der Waals surface area contributed by atoms with Crippen molar-refractivity contribution in [2.75, 3.05) is 20.6 Å². The van der Waals surface area contributed by atoms with Crippen molar-refractivity contribution in [1.82, 2.24) is 10.2 Å². The zero-order chi connectivity index (χ0) is 14.8. The van der Waals surface area contributed by atoms with Gasteiger partial charge in [-0.25, -0.2) is 0 Å². The van der Waals surface area contributed by atoms with Crippen molar-refractivity contribution in [2.24, 2.45) is 0 Å². The van der Waals surface area contributed by atoms with E-state index in [4.69, 9.17) is 0 Å². The van der Waals surface area contributed by atoms with E-state index in [2.05, 4.69) is 43.9 Å². The first-order valence-corrected chi connectivity index (χ1v) is 8.69. The van der Waals surface area contributed by atoms with Crippen molar-refractivity contribution in [1.29, 1.82) is 0 Å². The number of nitrogens with one attached hydrogen (secondary N) is 1. The quantitative estimate of drug-likeness (QED) is 0.383. The van der Waals surface area contributed by atoms with Crippen LogP contribution in [0.1, 0.15) is 71.1 Å². The SMILES string of the molecule is C=CCCCC(NCCC)C1(N(C)C)CCCCCC1. The predicted octanol–water partition coefficient (Wildman–Crippen LogP) is 4.37. The lowest BCUT2D eigenvalue weighted by Crippen LogP contribution is -2.59. The van der Waals surface area contributed by atoms with Gasteiger partial charge in [0.25, 0.3) is 0 Å². The lowest BCUT2D eigenvalue weighted by Gasteiger charge is -2.46. The summed E-state index contributed by atoms with van der Waals surface area (Å²) in [5, 5.41) is 3.87. The molecule has 1 aliphatic carbocycles. The van der Waals surface area contributed by atoms with Crippen LogP contribution in [-0.2, 0) is 0 Å². The molecule has 0 aromatic rings. The van der Waals surface area contributed by atoms with E-state index in [1.54, 1.807) is 0 Å². The van der Waals surface area contributed by atoms with E-state index >= 15 is 0 Å². The van der Waals surface area contributed by atoms with Gasteiger partial charge >= 0.3 is 0 Å². The fraction of sp³-hybridized carbons (Fsp3) is 0.889. The van der Waals surface area contributed by atoms with E-state index < -0.39 is 0 Å². The van der Waals surface area contributed by atoms with Gasteiger partial charge in [-0.2, -0.15) is 0 Å². The molecule has 0 aromatic carbocycles. The van der Waals surface area contributed by atoms with Crippen LogP contribution in [0.25, 0.3) is 0 Å². The largest absolute Gasteiger partial charge is 0.312 e. The number of nitrogens with zero attached hydrogens (tertiary/aromatic N) is 1. The van der Waals surface area contributed by atoms with Crippen LogP contribution in [-0.4, -0.2) is 37.1 Å². The second-order valence-corrected chi connectivity index (χ2v) is 6.64. The summed E-state index contributed by atoms with van der Waals surface area (Å²) in [7, 11) is 4.58. The van der Waals surface area contributed by atoms with Gasteiger partial charge in [0, 0.05) is 11.6 Å². The molecule has 0 aromatic heterocycles. The third kappa shape index (κ3) is 4.89. The molecule has 0 heterocycles. The molecule has 20 heavy (non-hydrogen) atoms. The molecular formula is C18H36N2. The monoisotopic (exact) mass is 280 g/mol. The van der Waals surface area contributed by atoms with Crippen LogP contribution >= 0.6 is 0 Å². The molecule has 1 aliphatic rings. The molecule has 1 N–H and O–H groups in total. The summed E-state index contributed by atoms with van der Waals surface area (Å²) in [4.78, 5) is 2.53. The predicted molar refractivity (Wildman–Crippen MR) is 90.2 cm³/mol. The lowest BCUT2D eigenvalue weighted by molar-refractivity contribution is 0.0754. The molecular weight excluding hydrogens is 244 g/mol. The summed E-state index contributed by atoms with van der Waals surface area (Å²) in [6.45, 7) is 7.28. The molecule has 1 saturated carbocycles. The second-order valence-electron chi connectivity index (χ2n) is 6.64. The highest BCUT2D eigenvalue weighted by Crippen LogP contribution is 2.35. The fourth-order valence-electron chi connectivity index (χ4n) is 3.79. The Morgan fingerprint density at radius 1 is 1.20 bits per heavy atom. The maximum atomic E-state index is 3.87. The van der Waals surface area contributed by atoms with Gasteiger partial charge < -0.3 is 10.2 Å². The molecule has 1 fully saturated rings. The number of allylic oxidation sites excluding steroid dienone is 1. The first-order valence-electron chi connectivity index (χ1n) is 8.69. The Labute approximate surface area is 127 Å². The molecule has 2 heteroatoms. The van der Waals surface area contributed by atoms with Crippen LogP contribution in [0, 0.1) is 0 Å². The summed E-state index contributed by atoms with van der Waals surface area (Å²) in [5.41, 5.74) is 0.368. The minimum absolute atomic E-state index is 0.368. The Kier molecular flexibility index (Phi) is 8.47. The van der Waals surface area contributed by atoms with Crippen LogP contribution in [0.2, 0.25) is 0 Å². The van der Waals surface area contributed by atoms with Gasteiger partial charge in [-0.1, -0.05) is 38.7 Å². The third-order valence-electron chi connectivity index (χ3n) is 5.05. The van der Waals surface area contributed by atoms with Gasteiger partial charge in [0.1, 0.15) is 0 Å². The van der Waals surface area contributed by atoms with Crippen LogP contribution < -0.4 is 5.32 Å². The van der Waals surface area contributed by atoms with Crippen molar-refractivity contribution in [2.45, 2.75) is 82.7 Å². The standard InChI is InChI=1S/C18H36N2/c1-5-7-10-13-17(19-16-6-2)18(20(3)4)14-11-8-9-12-15-18/h5,17,19H,1,6-16H2,2-4H3. The van der Waals surface area contributed by atoms with Gasteiger partial charge in [-0.15, -0.1) is 6.58 Å². The molecule has 0 radical (unpaired) electrons. The van der Waals surface area contributed by atoms with Gasteiger partial charge in [-0.3, -0.25) is 0 Å². The summed E-state index contributed by atoms with van der Waals surface area (Å²) >= 11 is 0. The number of likely N-dealkylation sites (N-methyl/N-ethyl adjacent to an activating group) is 1. The zero-order valence-electron chi connectivity index (χ0n) is 14.1. The number of hydrogen-bond acceptors (Lipinski definition) is 2. The van der Waals surface area contributed by atoms with Crippen LogP contribution in [0.15, 0.2) is 12.7 Å². The Hall–Kier alpha value is -0.340. The molecule has 0 bridgehead atoms. The highest BCUT2D eigenvalue weighted by Gasteiger charge is 2.39. The minimum Gasteiger partial charge on any atom is -0.312 e. The maximum absolute atomic E-state index is 3.87. The van der Waals surface area contributed by atoms with E-state index in [-0.39, 0.29) is 0 Å². The van der Waals surface area contributed by atoms with Gasteiger partial charge in [0.2, 0.25) is 0 Å². The van der Waals surface area contributed by atoms with Crippen LogP contribution in [0.4, 0.5) is 0 Å². The smallest absolute Gasteiger partial charge is 0.0356 e. The summed E-state index contributed by atoms with van der Waals surface area (Å²) in [6, 6.07) is 0.635. The normalized spacial score (nSPS) is 20.6. The average molecular weight is 280 g/mol. The summed E-state index contributed by atoms with van der Waals surface area (Å²) in [6.07, 6.45) is 15.3. The van der Waals surface area contributed by atoms with Crippen molar-refractivity contribution in [3.05, 3.63) is 12.7 Å². The topological polar surface area (TPSA) is 15.3 Å². The molecule has 1 unspecified atom stereocenters. The van der Waals surface area contributed by atoms with E-state index in [1.807, 2.05) is 0 Å². The summed E-state index contributed by atoms with van der Waals surface area (Å²) < 4.78 is 0.